The van der Waals surface area contributed by atoms with Crippen molar-refractivity contribution in [3.63, 3.8) is 0 Å². The molecule has 9 aromatic rings. The molecule has 0 N–H and O–H groups in total. The summed E-state index contributed by atoms with van der Waals surface area (Å²) in [7, 11) is 0. The Kier molecular flexibility index (Phi) is 5.27. The minimum absolute atomic E-state index is 1.02. The van der Waals surface area contributed by atoms with E-state index in [0.717, 1.165) is 32.9 Å². The number of nitrogens with zero attached hydrogens (tertiary/aromatic N) is 2. The highest BCUT2D eigenvalue weighted by atomic mass is 32.1. The van der Waals surface area contributed by atoms with Crippen LogP contribution in [0.4, 0.5) is 0 Å². The van der Waals surface area contributed by atoms with E-state index in [4.69, 9.17) is 9.97 Å². The maximum atomic E-state index is 5.25. The van der Waals surface area contributed by atoms with Crippen molar-refractivity contribution in [1.29, 1.82) is 0 Å². The van der Waals surface area contributed by atoms with Gasteiger partial charge in [-0.15, -0.1) is 22.7 Å². The Labute approximate surface area is 250 Å². The number of rotatable bonds is 3. The number of hydrogen-bond acceptors (Lipinski definition) is 4. The van der Waals surface area contributed by atoms with E-state index in [-0.39, 0.29) is 0 Å². The van der Waals surface area contributed by atoms with E-state index in [1.54, 1.807) is 11.3 Å². The lowest BCUT2D eigenvalue weighted by molar-refractivity contribution is 1.43. The first-order valence-electron chi connectivity index (χ1n) is 14.0. The molecule has 0 radical (unpaired) electrons. The lowest BCUT2D eigenvalue weighted by Crippen LogP contribution is -1.90. The zero-order valence-electron chi connectivity index (χ0n) is 22.4. The molecule has 0 aliphatic carbocycles. The van der Waals surface area contributed by atoms with Gasteiger partial charge >= 0.3 is 0 Å². The van der Waals surface area contributed by atoms with E-state index in [2.05, 4.69) is 127 Å². The molecule has 0 aliphatic rings. The van der Waals surface area contributed by atoms with Gasteiger partial charge in [-0.05, 0) is 41.5 Å². The molecule has 2 nitrogen and oxygen atoms in total. The van der Waals surface area contributed by atoms with Crippen molar-refractivity contribution in [3.8, 4) is 33.0 Å². The summed E-state index contributed by atoms with van der Waals surface area (Å²) in [6, 6.07) is 47.6. The average molecular weight is 571 g/mol. The molecule has 0 bridgehead atoms. The second kappa shape index (κ2) is 9.31. The number of fused-ring (bicyclic) bond motifs is 8. The van der Waals surface area contributed by atoms with Crippen LogP contribution in [0.25, 0.3) is 85.0 Å². The van der Waals surface area contributed by atoms with E-state index in [0.29, 0.717) is 0 Å². The molecule has 3 heterocycles. The number of thiazole rings is 1. The molecule has 0 amide bonds. The highest BCUT2D eigenvalue weighted by molar-refractivity contribution is 7.26. The molecule has 0 unspecified atom stereocenters. The minimum Gasteiger partial charge on any atom is -0.247 e. The molecule has 196 valence electrons. The van der Waals surface area contributed by atoms with Crippen molar-refractivity contribution in [2.75, 3.05) is 0 Å². The van der Waals surface area contributed by atoms with Gasteiger partial charge in [-0.1, -0.05) is 103 Å². The monoisotopic (exact) mass is 570 g/mol. The van der Waals surface area contributed by atoms with Gasteiger partial charge in [0.05, 0.1) is 21.4 Å². The average Bonchev–Trinajstić information content (AvgIpc) is 3.66. The molecule has 9 rings (SSSR count). The first-order chi connectivity index (χ1) is 20.8. The Hall–Kier alpha value is -4.90. The van der Waals surface area contributed by atoms with Gasteiger partial charge in [0.1, 0.15) is 5.01 Å². The summed E-state index contributed by atoms with van der Waals surface area (Å²) in [6.45, 7) is 0. The van der Waals surface area contributed by atoms with Crippen LogP contribution in [0.2, 0.25) is 0 Å². The number of hydrogen-bond donors (Lipinski definition) is 0. The third kappa shape index (κ3) is 3.69. The molecule has 0 saturated carbocycles. The summed E-state index contributed by atoms with van der Waals surface area (Å²) in [5.41, 5.74) is 7.72. The van der Waals surface area contributed by atoms with E-state index < -0.39 is 0 Å². The SMILES string of the molecule is c1ccc(-c2nc3ccc(-c4cccc(-c5nc6ccccc6c6c5ccc5c7ccccc7sc56)c4)cc3s2)cc1. The molecule has 0 atom stereocenters. The molecule has 6 aromatic carbocycles. The quantitative estimate of drug-likeness (QED) is 0.197. The van der Waals surface area contributed by atoms with Crippen LogP contribution in [0.15, 0.2) is 133 Å². The van der Waals surface area contributed by atoms with Gasteiger partial charge in [0.25, 0.3) is 0 Å². The molecule has 3 aromatic heterocycles. The van der Waals surface area contributed by atoms with Crippen molar-refractivity contribution < 1.29 is 0 Å². The molecule has 42 heavy (non-hydrogen) atoms. The first-order valence-corrected chi connectivity index (χ1v) is 15.6. The molecule has 0 aliphatic heterocycles. The second-order valence-electron chi connectivity index (χ2n) is 10.6. The summed E-state index contributed by atoms with van der Waals surface area (Å²) < 4.78 is 3.84. The number of aromatic nitrogens is 2. The Morgan fingerprint density at radius 2 is 1.14 bits per heavy atom. The molecule has 0 saturated heterocycles. The van der Waals surface area contributed by atoms with Crippen LogP contribution in [-0.4, -0.2) is 9.97 Å². The fourth-order valence-electron chi connectivity index (χ4n) is 6.09. The predicted octanol–water partition coefficient (Wildman–Crippen LogP) is 11.4. The smallest absolute Gasteiger partial charge is 0.124 e. The lowest BCUT2D eigenvalue weighted by atomic mass is 9.96. The summed E-state index contributed by atoms with van der Waals surface area (Å²) in [5.74, 6) is 0. The maximum absolute atomic E-state index is 5.25. The van der Waals surface area contributed by atoms with Crippen molar-refractivity contribution in [1.82, 2.24) is 9.97 Å². The van der Waals surface area contributed by atoms with E-state index in [9.17, 15) is 0 Å². The van der Waals surface area contributed by atoms with Gasteiger partial charge in [0.15, 0.2) is 0 Å². The van der Waals surface area contributed by atoms with Crippen molar-refractivity contribution in [3.05, 3.63) is 133 Å². The van der Waals surface area contributed by atoms with Crippen LogP contribution in [0.3, 0.4) is 0 Å². The number of benzene rings is 6. The van der Waals surface area contributed by atoms with Crippen LogP contribution < -0.4 is 0 Å². The fraction of sp³-hybridized carbons (Fsp3) is 0. The topological polar surface area (TPSA) is 25.8 Å². The number of thiophene rings is 1. The van der Waals surface area contributed by atoms with Crippen LogP contribution in [0, 0.1) is 0 Å². The molecule has 4 heteroatoms. The minimum atomic E-state index is 1.02. The Balaban J connectivity index is 1.23. The maximum Gasteiger partial charge on any atom is 0.124 e. The highest BCUT2D eigenvalue weighted by Crippen LogP contribution is 2.43. The summed E-state index contributed by atoms with van der Waals surface area (Å²) in [6.07, 6.45) is 0. The van der Waals surface area contributed by atoms with Gasteiger partial charge in [0, 0.05) is 47.5 Å². The van der Waals surface area contributed by atoms with Gasteiger partial charge < -0.3 is 0 Å². The Morgan fingerprint density at radius 3 is 2.07 bits per heavy atom. The number of para-hydroxylation sites is 1. The van der Waals surface area contributed by atoms with Gasteiger partial charge in [-0.2, -0.15) is 0 Å². The van der Waals surface area contributed by atoms with Crippen molar-refractivity contribution >= 4 is 74.7 Å². The Bertz CT molecular complexity index is 2470. The summed E-state index contributed by atoms with van der Waals surface area (Å²) >= 11 is 3.62. The third-order valence-corrected chi connectivity index (χ3v) is 10.4. The van der Waals surface area contributed by atoms with Gasteiger partial charge in [0.2, 0.25) is 0 Å². The van der Waals surface area contributed by atoms with Crippen LogP contribution in [0.1, 0.15) is 0 Å². The lowest BCUT2D eigenvalue weighted by Gasteiger charge is -2.12. The van der Waals surface area contributed by atoms with Crippen LogP contribution in [-0.2, 0) is 0 Å². The molecule has 0 fully saturated rings. The van der Waals surface area contributed by atoms with Crippen molar-refractivity contribution in [2.45, 2.75) is 0 Å². The van der Waals surface area contributed by atoms with Gasteiger partial charge in [-0.3, -0.25) is 0 Å². The van der Waals surface area contributed by atoms with Crippen LogP contribution in [0.5, 0.6) is 0 Å². The predicted molar refractivity (Wildman–Crippen MR) is 182 cm³/mol. The highest BCUT2D eigenvalue weighted by Gasteiger charge is 2.16. The molecule has 0 spiro atoms. The van der Waals surface area contributed by atoms with Crippen molar-refractivity contribution in [2.24, 2.45) is 0 Å². The molecular formula is C38H22N2S2. The Morgan fingerprint density at radius 1 is 0.405 bits per heavy atom. The normalized spacial score (nSPS) is 11.8. The summed E-state index contributed by atoms with van der Waals surface area (Å²) in [5, 5.41) is 7.37. The summed E-state index contributed by atoms with van der Waals surface area (Å²) in [4.78, 5) is 10.1. The fourth-order valence-corrected chi connectivity index (χ4v) is 8.37. The van der Waals surface area contributed by atoms with E-state index in [1.807, 2.05) is 17.4 Å². The molecular weight excluding hydrogens is 549 g/mol. The van der Waals surface area contributed by atoms with E-state index >= 15 is 0 Å². The largest absolute Gasteiger partial charge is 0.247 e. The zero-order chi connectivity index (χ0) is 27.6. The second-order valence-corrected chi connectivity index (χ2v) is 12.7. The number of pyridine rings is 1. The first kappa shape index (κ1) is 23.8. The zero-order valence-corrected chi connectivity index (χ0v) is 24.0. The third-order valence-electron chi connectivity index (χ3n) is 8.09. The van der Waals surface area contributed by atoms with Crippen LogP contribution >= 0.6 is 22.7 Å². The van der Waals surface area contributed by atoms with E-state index in [1.165, 1.54) is 52.2 Å². The standard InChI is InChI=1S/C38H22N2S2/c1-2-9-23(10-3-1)38-40-32-20-17-25(22-34(32)42-38)24-11-8-12-26(21-24)36-30-19-18-28-27-13-5-7-16-33(27)41-37(28)35(30)29-14-4-6-15-31(29)39-36/h1-22H. The van der Waals surface area contributed by atoms with Gasteiger partial charge in [-0.25, -0.2) is 9.97 Å².